The number of aromatic amines is 1. The van der Waals surface area contributed by atoms with Gasteiger partial charge in [-0.1, -0.05) is 0 Å². The second-order valence-electron chi connectivity index (χ2n) is 5.18. The molecule has 0 saturated carbocycles. The predicted octanol–water partition coefficient (Wildman–Crippen LogP) is 1.76. The second kappa shape index (κ2) is 7.63. The quantitative estimate of drug-likeness (QED) is 0.732. The van der Waals surface area contributed by atoms with Crippen molar-refractivity contribution in [1.82, 2.24) is 30.1 Å². The van der Waals surface area contributed by atoms with Crippen LogP contribution in [0, 0.1) is 0 Å². The third-order valence-electron chi connectivity index (χ3n) is 3.81. The van der Waals surface area contributed by atoms with Crippen LogP contribution in [-0.4, -0.2) is 51.0 Å². The molecule has 0 bridgehead atoms. The van der Waals surface area contributed by atoms with E-state index in [0.717, 1.165) is 55.3 Å². The Labute approximate surface area is 146 Å². The molecule has 0 atom stereocenters. The molecule has 4 heterocycles. The zero-order chi connectivity index (χ0) is 14.1. The van der Waals surface area contributed by atoms with Crippen LogP contribution in [0.1, 0.15) is 6.42 Å². The minimum atomic E-state index is 0. The fourth-order valence-electron chi connectivity index (χ4n) is 2.69. The lowest BCUT2D eigenvalue weighted by molar-refractivity contribution is 0.724. The summed E-state index contributed by atoms with van der Waals surface area (Å²) in [5.74, 6) is 0.994. The van der Waals surface area contributed by atoms with Crippen LogP contribution in [0.4, 0.5) is 5.82 Å². The van der Waals surface area contributed by atoms with Gasteiger partial charge in [-0.3, -0.25) is 5.10 Å². The fraction of sp³-hybridized carbons (Fsp3) is 0.357. The van der Waals surface area contributed by atoms with Gasteiger partial charge in [-0.15, -0.1) is 29.9 Å². The average Bonchev–Trinajstić information content (AvgIpc) is 3.09. The van der Waals surface area contributed by atoms with Crippen molar-refractivity contribution in [3.05, 3.63) is 30.7 Å². The van der Waals surface area contributed by atoms with Crippen LogP contribution >= 0.6 is 24.8 Å². The maximum Gasteiger partial charge on any atom is 0.154 e. The maximum atomic E-state index is 4.77. The van der Waals surface area contributed by atoms with Crippen LogP contribution in [0.2, 0.25) is 0 Å². The highest BCUT2D eigenvalue weighted by Crippen LogP contribution is 2.20. The standard InChI is InChI=1S/C14H17N7.2ClH/c1-4-15-5-7-20(6-1)14-3-2-13-16-10-12(21(13)19-14)11-8-17-18-9-11;;/h2-3,8-10,15H,1,4-7H2,(H,17,18);2*1H. The van der Waals surface area contributed by atoms with Crippen LogP contribution in [0.5, 0.6) is 0 Å². The maximum absolute atomic E-state index is 4.77. The largest absolute Gasteiger partial charge is 0.354 e. The summed E-state index contributed by atoms with van der Waals surface area (Å²) in [6, 6.07) is 4.07. The van der Waals surface area contributed by atoms with Gasteiger partial charge in [0, 0.05) is 31.4 Å². The molecule has 3 aromatic rings. The summed E-state index contributed by atoms with van der Waals surface area (Å²) in [5.41, 5.74) is 2.79. The van der Waals surface area contributed by atoms with E-state index in [1.54, 1.807) is 6.20 Å². The summed E-state index contributed by atoms with van der Waals surface area (Å²) in [4.78, 5) is 6.73. The van der Waals surface area contributed by atoms with E-state index in [9.17, 15) is 0 Å². The van der Waals surface area contributed by atoms with E-state index in [-0.39, 0.29) is 24.8 Å². The van der Waals surface area contributed by atoms with Crippen LogP contribution in [0.25, 0.3) is 16.9 Å². The van der Waals surface area contributed by atoms with E-state index in [1.165, 1.54) is 0 Å². The highest BCUT2D eigenvalue weighted by molar-refractivity contribution is 5.85. The van der Waals surface area contributed by atoms with Crippen LogP contribution in [0.3, 0.4) is 0 Å². The minimum absolute atomic E-state index is 0. The van der Waals surface area contributed by atoms with E-state index in [1.807, 2.05) is 29.0 Å². The molecule has 2 N–H and O–H groups in total. The lowest BCUT2D eigenvalue weighted by atomic mass is 10.3. The number of hydrogen-bond donors (Lipinski definition) is 2. The van der Waals surface area contributed by atoms with Gasteiger partial charge < -0.3 is 10.2 Å². The monoisotopic (exact) mass is 355 g/mol. The van der Waals surface area contributed by atoms with Crippen LogP contribution in [0.15, 0.2) is 30.7 Å². The van der Waals surface area contributed by atoms with Crippen molar-refractivity contribution in [2.75, 3.05) is 31.1 Å². The number of anilines is 1. The summed E-state index contributed by atoms with van der Waals surface area (Å²) < 4.78 is 1.89. The van der Waals surface area contributed by atoms with E-state index in [4.69, 9.17) is 5.10 Å². The molecule has 0 aromatic carbocycles. The Morgan fingerprint density at radius 2 is 1.96 bits per heavy atom. The predicted molar refractivity (Wildman–Crippen MR) is 94.8 cm³/mol. The highest BCUT2D eigenvalue weighted by Gasteiger charge is 2.13. The number of hydrogen-bond acceptors (Lipinski definition) is 5. The molecule has 0 unspecified atom stereocenters. The first-order valence-electron chi connectivity index (χ1n) is 7.21. The summed E-state index contributed by atoms with van der Waals surface area (Å²) >= 11 is 0. The third kappa shape index (κ3) is 3.41. The van der Waals surface area contributed by atoms with Crippen molar-refractivity contribution in [1.29, 1.82) is 0 Å². The number of nitrogens with one attached hydrogen (secondary N) is 2. The van der Waals surface area contributed by atoms with Gasteiger partial charge in [0.2, 0.25) is 0 Å². The normalized spacial score (nSPS) is 14.9. The van der Waals surface area contributed by atoms with Gasteiger partial charge in [-0.25, -0.2) is 9.50 Å². The van der Waals surface area contributed by atoms with Gasteiger partial charge in [-0.2, -0.15) is 5.10 Å². The smallest absolute Gasteiger partial charge is 0.154 e. The second-order valence-corrected chi connectivity index (χ2v) is 5.18. The Bertz CT molecular complexity index is 733. The van der Waals surface area contributed by atoms with Gasteiger partial charge in [0.05, 0.1) is 18.1 Å². The zero-order valence-corrected chi connectivity index (χ0v) is 14.1. The third-order valence-corrected chi connectivity index (χ3v) is 3.81. The SMILES string of the molecule is Cl.Cl.c1n[nH]cc1-c1cnc2ccc(N3CCCNCC3)nn12. The zero-order valence-electron chi connectivity index (χ0n) is 12.5. The van der Waals surface area contributed by atoms with Gasteiger partial charge >= 0.3 is 0 Å². The van der Waals surface area contributed by atoms with Crippen LogP contribution in [-0.2, 0) is 0 Å². The van der Waals surface area contributed by atoms with Crippen molar-refractivity contribution in [3.8, 4) is 11.3 Å². The molecule has 1 aliphatic heterocycles. The van der Waals surface area contributed by atoms with Crippen molar-refractivity contribution in [2.24, 2.45) is 0 Å². The molecule has 3 aromatic heterocycles. The molecule has 1 saturated heterocycles. The van der Waals surface area contributed by atoms with E-state index >= 15 is 0 Å². The number of aromatic nitrogens is 5. The Kier molecular flexibility index (Phi) is 5.81. The highest BCUT2D eigenvalue weighted by atomic mass is 35.5. The molecule has 1 aliphatic rings. The summed E-state index contributed by atoms with van der Waals surface area (Å²) in [6.45, 7) is 4.08. The number of rotatable bonds is 2. The Morgan fingerprint density at radius 3 is 2.78 bits per heavy atom. The van der Waals surface area contributed by atoms with Crippen molar-refractivity contribution >= 4 is 36.3 Å². The lowest BCUT2D eigenvalue weighted by Gasteiger charge is -2.20. The Hall–Kier alpha value is -1.83. The first-order valence-corrected chi connectivity index (χ1v) is 7.21. The molecule has 0 radical (unpaired) electrons. The molecule has 0 amide bonds. The van der Waals surface area contributed by atoms with Crippen LogP contribution < -0.4 is 10.2 Å². The lowest BCUT2D eigenvalue weighted by Crippen LogP contribution is -2.29. The summed E-state index contributed by atoms with van der Waals surface area (Å²) in [6.07, 6.45) is 6.61. The van der Waals surface area contributed by atoms with E-state index in [2.05, 4.69) is 25.4 Å². The fourth-order valence-corrected chi connectivity index (χ4v) is 2.69. The van der Waals surface area contributed by atoms with E-state index in [0.29, 0.717) is 0 Å². The average molecular weight is 356 g/mol. The van der Waals surface area contributed by atoms with Crippen molar-refractivity contribution in [2.45, 2.75) is 6.42 Å². The minimum Gasteiger partial charge on any atom is -0.354 e. The Balaban J connectivity index is 0.000000960. The first-order chi connectivity index (χ1) is 10.4. The molecule has 4 rings (SSSR count). The summed E-state index contributed by atoms with van der Waals surface area (Å²) in [5, 5.41) is 15.0. The van der Waals surface area contributed by atoms with E-state index < -0.39 is 0 Å². The van der Waals surface area contributed by atoms with Crippen molar-refractivity contribution < 1.29 is 0 Å². The summed E-state index contributed by atoms with van der Waals surface area (Å²) in [7, 11) is 0. The molecule has 23 heavy (non-hydrogen) atoms. The molecule has 124 valence electrons. The first kappa shape index (κ1) is 17.5. The number of fused-ring (bicyclic) bond motifs is 1. The molecular formula is C14H19Cl2N7. The molecular weight excluding hydrogens is 337 g/mol. The number of imidazole rings is 1. The molecule has 0 spiro atoms. The van der Waals surface area contributed by atoms with Gasteiger partial charge in [0.25, 0.3) is 0 Å². The molecule has 9 heteroatoms. The van der Waals surface area contributed by atoms with Crippen molar-refractivity contribution in [3.63, 3.8) is 0 Å². The molecule has 1 fully saturated rings. The van der Waals surface area contributed by atoms with Gasteiger partial charge in [0.1, 0.15) is 5.82 Å². The van der Waals surface area contributed by atoms with Gasteiger partial charge in [-0.05, 0) is 25.1 Å². The number of H-pyrrole nitrogens is 1. The molecule has 7 nitrogen and oxygen atoms in total. The number of halogens is 2. The molecule has 0 aliphatic carbocycles. The Morgan fingerprint density at radius 1 is 1.04 bits per heavy atom. The number of nitrogens with zero attached hydrogens (tertiary/aromatic N) is 5. The topological polar surface area (TPSA) is 74.1 Å². The van der Waals surface area contributed by atoms with Gasteiger partial charge in [0.15, 0.2) is 5.65 Å².